The molecule has 1 unspecified atom stereocenters. The minimum Gasteiger partial charge on any atom is -0.323 e. The van der Waals surface area contributed by atoms with E-state index in [4.69, 9.17) is 11.0 Å². The van der Waals surface area contributed by atoms with Crippen LogP contribution in [0.25, 0.3) is 0 Å². The van der Waals surface area contributed by atoms with E-state index < -0.39 is 5.41 Å². The number of nitrogens with two attached hydrogens (primary N) is 1. The van der Waals surface area contributed by atoms with Gasteiger partial charge in [0.15, 0.2) is 0 Å². The zero-order valence-corrected chi connectivity index (χ0v) is 8.41. The highest BCUT2D eigenvalue weighted by atomic mass is 19.1. The number of nitriles is 1. The lowest BCUT2D eigenvalue weighted by atomic mass is 9.64. The molecule has 78 valence electrons. The molecule has 2 rings (SSSR count). The van der Waals surface area contributed by atoms with Gasteiger partial charge >= 0.3 is 0 Å². The molecule has 15 heavy (non-hydrogen) atoms. The van der Waals surface area contributed by atoms with E-state index in [9.17, 15) is 4.39 Å². The molecule has 0 aromatic heterocycles. The predicted octanol–water partition coefficient (Wildman–Crippen LogP) is 2.52. The van der Waals surface area contributed by atoms with Crippen LogP contribution in [0.2, 0.25) is 0 Å². The number of nitrogens with zero attached hydrogens (tertiary/aromatic N) is 1. The van der Waals surface area contributed by atoms with Crippen LogP contribution < -0.4 is 5.73 Å². The largest absolute Gasteiger partial charge is 0.323 e. The molecule has 1 aromatic carbocycles. The van der Waals surface area contributed by atoms with E-state index in [0.29, 0.717) is 0 Å². The van der Waals surface area contributed by atoms with Gasteiger partial charge in [0.05, 0.1) is 11.5 Å². The van der Waals surface area contributed by atoms with Crippen molar-refractivity contribution in [3.63, 3.8) is 0 Å². The van der Waals surface area contributed by atoms with Gasteiger partial charge in [-0.25, -0.2) is 4.39 Å². The minimum absolute atomic E-state index is 0.273. The number of benzene rings is 1. The van der Waals surface area contributed by atoms with Crippen LogP contribution in [0.1, 0.15) is 30.9 Å². The van der Waals surface area contributed by atoms with Crippen LogP contribution in [0.3, 0.4) is 0 Å². The molecule has 2 N–H and O–H groups in total. The van der Waals surface area contributed by atoms with Crippen molar-refractivity contribution in [1.29, 1.82) is 5.26 Å². The van der Waals surface area contributed by atoms with Crippen molar-refractivity contribution in [3.8, 4) is 6.07 Å². The van der Waals surface area contributed by atoms with E-state index >= 15 is 0 Å². The first kappa shape index (κ1) is 10.1. The average Bonchev–Trinajstić information content (AvgIpc) is 2.18. The highest BCUT2D eigenvalue weighted by molar-refractivity contribution is 5.26. The molecule has 0 spiro atoms. The quantitative estimate of drug-likeness (QED) is 0.804. The maximum absolute atomic E-state index is 12.7. The van der Waals surface area contributed by atoms with Crippen LogP contribution in [0.4, 0.5) is 4.39 Å². The van der Waals surface area contributed by atoms with Gasteiger partial charge in [-0.2, -0.15) is 5.26 Å². The molecular formula is C12H13FN2. The summed E-state index contributed by atoms with van der Waals surface area (Å²) in [5, 5.41) is 9.12. The first-order valence-corrected chi connectivity index (χ1v) is 5.10. The zero-order chi connectivity index (χ0) is 10.9. The lowest BCUT2D eigenvalue weighted by molar-refractivity contribution is 0.169. The fourth-order valence-corrected chi connectivity index (χ4v) is 2.04. The SMILES string of the molecule is N#CC1(C(N)c2ccc(F)cc2)CCC1. The molecule has 0 heterocycles. The third-order valence-electron chi connectivity index (χ3n) is 3.29. The van der Waals surface area contributed by atoms with Crippen molar-refractivity contribution in [3.05, 3.63) is 35.6 Å². The molecule has 1 aliphatic carbocycles. The summed E-state index contributed by atoms with van der Waals surface area (Å²) >= 11 is 0. The maximum Gasteiger partial charge on any atom is 0.123 e. The van der Waals surface area contributed by atoms with E-state index in [1.807, 2.05) is 0 Å². The molecule has 1 atom stereocenters. The number of halogens is 1. The fraction of sp³-hybridized carbons (Fsp3) is 0.417. The first-order chi connectivity index (χ1) is 7.18. The molecule has 0 amide bonds. The molecule has 0 saturated heterocycles. The van der Waals surface area contributed by atoms with E-state index in [1.165, 1.54) is 12.1 Å². The molecular weight excluding hydrogens is 191 g/mol. The fourth-order valence-electron chi connectivity index (χ4n) is 2.04. The van der Waals surface area contributed by atoms with Crippen molar-refractivity contribution in [2.24, 2.45) is 11.1 Å². The zero-order valence-electron chi connectivity index (χ0n) is 8.41. The Bertz CT molecular complexity index is 387. The number of hydrogen-bond donors (Lipinski definition) is 1. The Labute approximate surface area is 88.5 Å². The Morgan fingerprint density at radius 3 is 2.33 bits per heavy atom. The second-order valence-electron chi connectivity index (χ2n) is 4.15. The Balaban J connectivity index is 2.24. The van der Waals surface area contributed by atoms with Gasteiger partial charge in [0.2, 0.25) is 0 Å². The molecule has 1 aliphatic rings. The van der Waals surface area contributed by atoms with E-state index in [-0.39, 0.29) is 11.9 Å². The van der Waals surface area contributed by atoms with Crippen molar-refractivity contribution in [2.75, 3.05) is 0 Å². The highest BCUT2D eigenvalue weighted by Gasteiger charge is 2.43. The second kappa shape index (κ2) is 3.63. The van der Waals surface area contributed by atoms with Crippen molar-refractivity contribution in [2.45, 2.75) is 25.3 Å². The van der Waals surface area contributed by atoms with Crippen LogP contribution in [-0.2, 0) is 0 Å². The summed E-state index contributed by atoms with van der Waals surface area (Å²) < 4.78 is 12.7. The summed E-state index contributed by atoms with van der Waals surface area (Å²) in [6.45, 7) is 0. The minimum atomic E-state index is -0.419. The van der Waals surface area contributed by atoms with Crippen LogP contribution in [0.5, 0.6) is 0 Å². The van der Waals surface area contributed by atoms with Crippen LogP contribution in [0, 0.1) is 22.6 Å². The molecule has 0 radical (unpaired) electrons. The standard InChI is InChI=1S/C12H13FN2/c13-10-4-2-9(3-5-10)11(15)12(8-14)6-1-7-12/h2-5,11H,1,6-7,15H2. The smallest absolute Gasteiger partial charge is 0.123 e. The Kier molecular flexibility index (Phi) is 2.45. The van der Waals surface area contributed by atoms with Gasteiger partial charge in [-0.05, 0) is 30.5 Å². The molecule has 1 saturated carbocycles. The number of hydrogen-bond acceptors (Lipinski definition) is 2. The molecule has 0 aliphatic heterocycles. The van der Waals surface area contributed by atoms with Gasteiger partial charge in [0.25, 0.3) is 0 Å². The summed E-state index contributed by atoms with van der Waals surface area (Å²) in [5.74, 6) is -0.273. The van der Waals surface area contributed by atoms with Crippen molar-refractivity contribution >= 4 is 0 Å². The summed E-state index contributed by atoms with van der Waals surface area (Å²) in [6, 6.07) is 8.12. The Hall–Kier alpha value is -1.40. The van der Waals surface area contributed by atoms with E-state index in [1.54, 1.807) is 12.1 Å². The van der Waals surface area contributed by atoms with Crippen molar-refractivity contribution < 1.29 is 4.39 Å². The summed E-state index contributed by atoms with van der Waals surface area (Å²) in [7, 11) is 0. The second-order valence-corrected chi connectivity index (χ2v) is 4.15. The third kappa shape index (κ3) is 1.62. The first-order valence-electron chi connectivity index (χ1n) is 5.10. The Morgan fingerprint density at radius 1 is 1.33 bits per heavy atom. The maximum atomic E-state index is 12.7. The van der Waals surface area contributed by atoms with Crippen LogP contribution in [-0.4, -0.2) is 0 Å². The monoisotopic (exact) mass is 204 g/mol. The topological polar surface area (TPSA) is 49.8 Å². The van der Waals surface area contributed by atoms with E-state index in [2.05, 4.69) is 6.07 Å². The molecule has 2 nitrogen and oxygen atoms in total. The lowest BCUT2D eigenvalue weighted by Gasteiger charge is -2.40. The van der Waals surface area contributed by atoms with Gasteiger partial charge in [-0.15, -0.1) is 0 Å². The molecule has 1 fully saturated rings. The molecule has 0 bridgehead atoms. The molecule has 1 aromatic rings. The normalized spacial score (nSPS) is 20.1. The van der Waals surface area contributed by atoms with Gasteiger partial charge < -0.3 is 5.73 Å². The van der Waals surface area contributed by atoms with Crippen LogP contribution >= 0.6 is 0 Å². The van der Waals surface area contributed by atoms with Gasteiger partial charge in [0, 0.05) is 6.04 Å². The van der Waals surface area contributed by atoms with Crippen LogP contribution in [0.15, 0.2) is 24.3 Å². The predicted molar refractivity (Wildman–Crippen MR) is 55.2 cm³/mol. The lowest BCUT2D eigenvalue weighted by Crippen LogP contribution is -2.39. The van der Waals surface area contributed by atoms with Gasteiger partial charge in [-0.3, -0.25) is 0 Å². The number of rotatable bonds is 2. The molecule has 3 heteroatoms. The Morgan fingerprint density at radius 2 is 1.93 bits per heavy atom. The van der Waals surface area contributed by atoms with Crippen molar-refractivity contribution in [1.82, 2.24) is 0 Å². The third-order valence-corrected chi connectivity index (χ3v) is 3.29. The van der Waals surface area contributed by atoms with Gasteiger partial charge in [0.1, 0.15) is 5.82 Å². The summed E-state index contributed by atoms with van der Waals surface area (Å²) in [6.07, 6.45) is 2.76. The summed E-state index contributed by atoms with van der Waals surface area (Å²) in [4.78, 5) is 0. The highest BCUT2D eigenvalue weighted by Crippen LogP contribution is 2.48. The van der Waals surface area contributed by atoms with E-state index in [0.717, 1.165) is 24.8 Å². The average molecular weight is 204 g/mol. The van der Waals surface area contributed by atoms with Gasteiger partial charge in [-0.1, -0.05) is 18.6 Å². The summed E-state index contributed by atoms with van der Waals surface area (Å²) in [5.41, 5.74) is 6.48.